The predicted octanol–water partition coefficient (Wildman–Crippen LogP) is 4.15. The van der Waals surface area contributed by atoms with Crippen LogP contribution >= 0.6 is 0 Å². The van der Waals surface area contributed by atoms with Crippen molar-refractivity contribution in [2.45, 2.75) is 13.8 Å². The molecule has 0 aliphatic carbocycles. The Bertz CT molecular complexity index is 1300. The minimum atomic E-state index is -0.628. The number of rotatable bonds is 5. The number of ether oxygens (including phenoxy) is 1. The van der Waals surface area contributed by atoms with E-state index < -0.39 is 5.82 Å². The zero-order valence-corrected chi connectivity index (χ0v) is 17.4. The molecule has 10 heteroatoms. The highest BCUT2D eigenvalue weighted by Gasteiger charge is 2.23. The molecule has 0 unspecified atom stereocenters. The molecule has 0 radical (unpaired) electrons. The third kappa shape index (κ3) is 4.38. The number of amides is 2. The summed E-state index contributed by atoms with van der Waals surface area (Å²) in [6.45, 7) is 4.34. The highest BCUT2D eigenvalue weighted by Crippen LogP contribution is 2.35. The molecule has 2 aromatic carbocycles. The first-order chi connectivity index (χ1) is 16.0. The van der Waals surface area contributed by atoms with Crippen LogP contribution in [0.2, 0.25) is 0 Å². The van der Waals surface area contributed by atoms with Gasteiger partial charge in [0, 0.05) is 17.1 Å². The van der Waals surface area contributed by atoms with Crippen molar-refractivity contribution in [1.82, 2.24) is 9.97 Å². The van der Waals surface area contributed by atoms with Crippen molar-refractivity contribution in [2.24, 2.45) is 0 Å². The van der Waals surface area contributed by atoms with Gasteiger partial charge in [0.2, 0.25) is 11.9 Å². The lowest BCUT2D eigenvalue weighted by Crippen LogP contribution is -2.36. The Hall–Kier alpha value is -4.47. The summed E-state index contributed by atoms with van der Waals surface area (Å²) in [5.74, 6) is -0.214. The molecule has 0 fully saturated rings. The number of aromatic nitrogens is 2. The van der Waals surface area contributed by atoms with Gasteiger partial charge in [-0.05, 0) is 48.0 Å². The van der Waals surface area contributed by atoms with E-state index in [0.717, 1.165) is 17.4 Å². The first-order valence-corrected chi connectivity index (χ1v) is 10.2. The summed E-state index contributed by atoms with van der Waals surface area (Å²) in [5, 5.41) is 8.72. The van der Waals surface area contributed by atoms with Gasteiger partial charge in [0.1, 0.15) is 12.4 Å². The second-order valence-corrected chi connectivity index (χ2v) is 7.46. The normalized spacial score (nSPS) is 13.6. The summed E-state index contributed by atoms with van der Waals surface area (Å²) in [7, 11) is 0. The van der Waals surface area contributed by atoms with E-state index in [0.29, 0.717) is 36.0 Å². The molecule has 0 atom stereocenters. The smallest absolute Gasteiger partial charge is 0.250 e. The van der Waals surface area contributed by atoms with Gasteiger partial charge in [-0.1, -0.05) is 14.0 Å². The highest BCUT2D eigenvalue weighted by molar-refractivity contribution is 6.03. The Morgan fingerprint density at radius 1 is 1.21 bits per heavy atom. The van der Waals surface area contributed by atoms with Crippen molar-refractivity contribution in [3.05, 3.63) is 66.6 Å². The van der Waals surface area contributed by atoms with Gasteiger partial charge in [-0.25, -0.2) is 9.37 Å². The Labute approximate surface area is 195 Å². The summed E-state index contributed by atoms with van der Waals surface area (Å²) >= 11 is 0. The van der Waals surface area contributed by atoms with Gasteiger partial charge in [-0.3, -0.25) is 9.59 Å². The van der Waals surface area contributed by atoms with Crippen molar-refractivity contribution in [1.29, 1.82) is 0 Å². The Morgan fingerprint density at radius 2 is 2.00 bits per heavy atom. The van der Waals surface area contributed by atoms with Gasteiger partial charge >= 0.3 is 0 Å². The van der Waals surface area contributed by atoms with Crippen molar-refractivity contribution in [2.75, 3.05) is 34.0 Å². The van der Waals surface area contributed by atoms with E-state index in [4.69, 9.17) is 4.74 Å². The van der Waals surface area contributed by atoms with Gasteiger partial charge in [-0.15, -0.1) is 0 Å². The second kappa shape index (κ2) is 9.18. The number of benzene rings is 2. The lowest BCUT2D eigenvalue weighted by Gasteiger charge is -2.29. The molecule has 0 saturated carbocycles. The number of carbonyl (C=O) groups is 2. The van der Waals surface area contributed by atoms with Crippen LogP contribution in [0, 0.1) is 5.82 Å². The molecule has 0 bridgehead atoms. The van der Waals surface area contributed by atoms with Crippen molar-refractivity contribution in [3.8, 4) is 5.75 Å². The van der Waals surface area contributed by atoms with Gasteiger partial charge in [-0.2, -0.15) is 4.98 Å². The SMILES string of the molecule is C.C=CC(=O)N1CCOc2ccc(Nc3ncc(F)c(Nc4ccc5c(c4)CC(=O)N5)n3)cc21. The average Bonchev–Trinajstić information content (AvgIpc) is 3.19. The first-order valence-electron chi connectivity index (χ1n) is 10.2. The Balaban J connectivity index is 0.00000274. The highest BCUT2D eigenvalue weighted by atomic mass is 19.1. The Kier molecular flexibility index (Phi) is 6.13. The molecule has 1 aromatic heterocycles. The molecule has 3 aromatic rings. The fourth-order valence-corrected chi connectivity index (χ4v) is 3.72. The summed E-state index contributed by atoms with van der Waals surface area (Å²) in [5.41, 5.74) is 3.36. The van der Waals surface area contributed by atoms with E-state index >= 15 is 0 Å². The number of nitrogens with zero attached hydrogens (tertiary/aromatic N) is 3. The number of anilines is 6. The molecular formula is C24H23FN6O3. The fourth-order valence-electron chi connectivity index (χ4n) is 3.72. The molecule has 174 valence electrons. The van der Waals surface area contributed by atoms with Gasteiger partial charge < -0.3 is 25.6 Å². The third-order valence-electron chi connectivity index (χ3n) is 5.26. The molecule has 3 heterocycles. The third-order valence-corrected chi connectivity index (χ3v) is 5.26. The van der Waals surface area contributed by atoms with Crippen LogP contribution in [0.5, 0.6) is 5.75 Å². The lowest BCUT2D eigenvalue weighted by molar-refractivity contribution is -0.115. The number of hydrogen-bond acceptors (Lipinski definition) is 7. The Morgan fingerprint density at radius 3 is 2.82 bits per heavy atom. The van der Waals surface area contributed by atoms with Crippen LogP contribution in [0.3, 0.4) is 0 Å². The van der Waals surface area contributed by atoms with E-state index in [9.17, 15) is 14.0 Å². The topological polar surface area (TPSA) is 108 Å². The number of carbonyl (C=O) groups excluding carboxylic acids is 2. The maximum Gasteiger partial charge on any atom is 0.250 e. The van der Waals surface area contributed by atoms with E-state index in [1.807, 2.05) is 0 Å². The first kappa shape index (κ1) is 22.7. The van der Waals surface area contributed by atoms with Crippen LogP contribution in [0.25, 0.3) is 0 Å². The van der Waals surface area contributed by atoms with Gasteiger partial charge in [0.25, 0.3) is 5.91 Å². The summed E-state index contributed by atoms with van der Waals surface area (Å²) in [4.78, 5) is 33.5. The maximum atomic E-state index is 14.4. The maximum absolute atomic E-state index is 14.4. The largest absolute Gasteiger partial charge is 0.490 e. The van der Waals surface area contributed by atoms with E-state index in [-0.39, 0.29) is 37.4 Å². The molecule has 34 heavy (non-hydrogen) atoms. The van der Waals surface area contributed by atoms with Gasteiger partial charge in [0.15, 0.2) is 11.6 Å². The van der Waals surface area contributed by atoms with Crippen molar-refractivity contribution in [3.63, 3.8) is 0 Å². The monoisotopic (exact) mass is 462 g/mol. The molecule has 5 rings (SSSR count). The standard InChI is InChI=1S/C23H19FN6O3.CH4/c1-2-21(32)30-7-8-33-19-6-4-15(11-18(19)30)27-23-25-12-16(24)22(29-23)26-14-3-5-17-13(9-14)10-20(31)28-17;/h2-6,9,11-12H,1,7-8,10H2,(H,28,31)(H2,25,26,27,29);1H4. The second-order valence-electron chi connectivity index (χ2n) is 7.46. The zero-order valence-electron chi connectivity index (χ0n) is 17.4. The summed E-state index contributed by atoms with van der Waals surface area (Å²) in [6.07, 6.45) is 2.59. The molecule has 0 spiro atoms. The molecule has 0 saturated heterocycles. The van der Waals surface area contributed by atoms with Gasteiger partial charge in [0.05, 0.1) is 24.8 Å². The molecule has 3 N–H and O–H groups in total. The van der Waals surface area contributed by atoms with Crippen molar-refractivity contribution < 1.29 is 18.7 Å². The summed E-state index contributed by atoms with van der Waals surface area (Å²) in [6, 6.07) is 10.5. The van der Waals surface area contributed by atoms with E-state index in [1.54, 1.807) is 41.3 Å². The van der Waals surface area contributed by atoms with E-state index in [2.05, 4.69) is 32.5 Å². The number of halogens is 1. The van der Waals surface area contributed by atoms with Crippen LogP contribution in [-0.2, 0) is 16.0 Å². The van der Waals surface area contributed by atoms with Crippen LogP contribution in [0.15, 0.2) is 55.3 Å². The number of nitrogens with one attached hydrogen (secondary N) is 3. The average molecular weight is 462 g/mol. The fraction of sp³-hybridized carbons (Fsp3) is 0.167. The molecular weight excluding hydrogens is 439 g/mol. The predicted molar refractivity (Wildman–Crippen MR) is 129 cm³/mol. The molecule has 2 aliphatic rings. The van der Waals surface area contributed by atoms with Crippen LogP contribution in [0.1, 0.15) is 13.0 Å². The summed E-state index contributed by atoms with van der Waals surface area (Å²) < 4.78 is 20.0. The molecule has 9 nitrogen and oxygen atoms in total. The number of fused-ring (bicyclic) bond motifs is 2. The minimum Gasteiger partial charge on any atom is -0.490 e. The van der Waals surface area contributed by atoms with Crippen LogP contribution < -0.4 is 25.6 Å². The zero-order chi connectivity index (χ0) is 22.9. The molecule has 2 aliphatic heterocycles. The lowest BCUT2D eigenvalue weighted by atomic mass is 10.1. The van der Waals surface area contributed by atoms with Crippen molar-refractivity contribution >= 4 is 46.3 Å². The number of hydrogen-bond donors (Lipinski definition) is 3. The molecule has 2 amide bonds. The minimum absolute atomic E-state index is 0. The quantitative estimate of drug-likeness (QED) is 0.489. The van der Waals surface area contributed by atoms with E-state index in [1.165, 1.54) is 6.08 Å². The van der Waals surface area contributed by atoms with Crippen LogP contribution in [-0.4, -0.2) is 34.9 Å². The van der Waals surface area contributed by atoms with Crippen LogP contribution in [0.4, 0.5) is 38.9 Å².